The highest BCUT2D eigenvalue weighted by Crippen LogP contribution is 2.14. The summed E-state index contributed by atoms with van der Waals surface area (Å²) in [5.74, 6) is -0.481. The summed E-state index contributed by atoms with van der Waals surface area (Å²) in [6, 6.07) is 10.7. The number of aliphatic carboxylic acids is 1. The molecule has 2 rings (SSSR count). The van der Waals surface area contributed by atoms with E-state index in [9.17, 15) is 4.79 Å². The molecule has 2 aromatic rings. The van der Waals surface area contributed by atoms with Gasteiger partial charge in [-0.05, 0) is 48.9 Å². The molecular weight excluding hydrogens is 256 g/mol. The first-order valence-electron chi connectivity index (χ1n) is 6.09. The molecule has 0 saturated carbocycles. The fourth-order valence-electron chi connectivity index (χ4n) is 1.47. The second-order valence-electron chi connectivity index (χ2n) is 4.14. The summed E-state index contributed by atoms with van der Waals surface area (Å²) in [6.45, 7) is 1.49. The van der Waals surface area contributed by atoms with Crippen molar-refractivity contribution in [3.63, 3.8) is 0 Å². The van der Waals surface area contributed by atoms with Crippen molar-refractivity contribution in [2.75, 3.05) is 0 Å². The van der Waals surface area contributed by atoms with Crippen LogP contribution >= 0.6 is 0 Å². The van der Waals surface area contributed by atoms with Crippen LogP contribution in [0.2, 0.25) is 0 Å². The monoisotopic (exact) mass is 270 g/mol. The van der Waals surface area contributed by atoms with Crippen LogP contribution in [0.5, 0.6) is 5.75 Å². The second-order valence-corrected chi connectivity index (χ2v) is 4.14. The zero-order chi connectivity index (χ0) is 14.4. The van der Waals surface area contributed by atoms with Crippen molar-refractivity contribution in [2.24, 2.45) is 4.99 Å². The lowest BCUT2D eigenvalue weighted by Crippen LogP contribution is -2.22. The number of carboxylic acid groups (broad SMARTS) is 1. The molecule has 102 valence electrons. The molecule has 0 fully saturated rings. The highest BCUT2D eigenvalue weighted by molar-refractivity contribution is 5.82. The van der Waals surface area contributed by atoms with E-state index in [4.69, 9.17) is 9.84 Å². The molecule has 0 spiro atoms. The van der Waals surface area contributed by atoms with E-state index in [1.54, 1.807) is 30.7 Å². The maximum Gasteiger partial charge on any atom is 0.344 e. The predicted molar refractivity (Wildman–Crippen MR) is 75.7 cm³/mol. The van der Waals surface area contributed by atoms with Crippen molar-refractivity contribution in [1.82, 2.24) is 4.98 Å². The molecule has 0 radical (unpaired) electrons. The molecule has 1 atom stereocenters. The van der Waals surface area contributed by atoms with Crippen LogP contribution < -0.4 is 4.74 Å². The zero-order valence-electron chi connectivity index (χ0n) is 10.9. The lowest BCUT2D eigenvalue weighted by atomic mass is 10.2. The first-order valence-corrected chi connectivity index (χ1v) is 6.09. The number of rotatable bonds is 5. The van der Waals surface area contributed by atoms with Crippen LogP contribution in [0.25, 0.3) is 0 Å². The smallest absolute Gasteiger partial charge is 0.344 e. The Labute approximate surface area is 116 Å². The molecule has 1 N–H and O–H groups in total. The summed E-state index contributed by atoms with van der Waals surface area (Å²) in [6.07, 6.45) is 4.20. The molecule has 0 amide bonds. The van der Waals surface area contributed by atoms with E-state index in [-0.39, 0.29) is 0 Å². The second kappa shape index (κ2) is 6.47. The first kappa shape index (κ1) is 13.7. The third-order valence-corrected chi connectivity index (χ3v) is 2.55. The molecule has 20 heavy (non-hydrogen) atoms. The van der Waals surface area contributed by atoms with Crippen molar-refractivity contribution in [1.29, 1.82) is 0 Å². The molecular formula is C15H14N2O3. The fraction of sp³-hybridized carbons (Fsp3) is 0.133. The van der Waals surface area contributed by atoms with Gasteiger partial charge in [-0.3, -0.25) is 9.98 Å². The van der Waals surface area contributed by atoms with E-state index in [1.807, 2.05) is 24.3 Å². The highest BCUT2D eigenvalue weighted by Gasteiger charge is 2.11. The van der Waals surface area contributed by atoms with Gasteiger partial charge in [-0.2, -0.15) is 0 Å². The largest absolute Gasteiger partial charge is 0.479 e. The Bertz CT molecular complexity index is 594. The lowest BCUT2D eigenvalue weighted by molar-refractivity contribution is -0.144. The molecule has 0 unspecified atom stereocenters. The standard InChI is InChI=1S/C15H14N2O3/c1-11(15(18)19)20-14-6-4-12(5-7-14)9-17-13-3-2-8-16-10-13/h2-11H,1H3,(H,18,19)/t11-/m1/s1. The number of carbonyl (C=O) groups is 1. The van der Waals surface area contributed by atoms with Gasteiger partial charge in [0, 0.05) is 12.4 Å². The van der Waals surface area contributed by atoms with Gasteiger partial charge in [-0.15, -0.1) is 0 Å². The van der Waals surface area contributed by atoms with E-state index >= 15 is 0 Å². The normalized spacial score (nSPS) is 12.2. The van der Waals surface area contributed by atoms with Gasteiger partial charge in [0.05, 0.1) is 11.9 Å². The van der Waals surface area contributed by atoms with Gasteiger partial charge in [-0.25, -0.2) is 4.79 Å². The summed E-state index contributed by atoms with van der Waals surface area (Å²) in [4.78, 5) is 18.9. The van der Waals surface area contributed by atoms with Crippen LogP contribution in [0.4, 0.5) is 5.69 Å². The van der Waals surface area contributed by atoms with Crippen LogP contribution in [0, 0.1) is 0 Å². The summed E-state index contributed by atoms with van der Waals surface area (Å²) >= 11 is 0. The van der Waals surface area contributed by atoms with Gasteiger partial charge in [0.25, 0.3) is 0 Å². The number of nitrogens with zero attached hydrogens (tertiary/aromatic N) is 2. The summed E-state index contributed by atoms with van der Waals surface area (Å²) in [5.41, 5.74) is 1.66. The fourth-order valence-corrected chi connectivity index (χ4v) is 1.47. The van der Waals surface area contributed by atoms with Crippen molar-refractivity contribution >= 4 is 17.9 Å². The van der Waals surface area contributed by atoms with E-state index in [0.717, 1.165) is 11.3 Å². The van der Waals surface area contributed by atoms with E-state index in [2.05, 4.69) is 9.98 Å². The number of pyridine rings is 1. The highest BCUT2D eigenvalue weighted by atomic mass is 16.5. The van der Waals surface area contributed by atoms with Gasteiger partial charge >= 0.3 is 5.97 Å². The summed E-state index contributed by atoms with van der Waals surface area (Å²) < 4.78 is 5.24. The molecule has 0 aliphatic carbocycles. The summed E-state index contributed by atoms with van der Waals surface area (Å²) in [7, 11) is 0. The minimum absolute atomic E-state index is 0.512. The van der Waals surface area contributed by atoms with Crippen molar-refractivity contribution in [2.45, 2.75) is 13.0 Å². The number of hydrogen-bond acceptors (Lipinski definition) is 4. The molecule has 1 aromatic carbocycles. The Morgan fingerprint density at radius 3 is 2.70 bits per heavy atom. The minimum Gasteiger partial charge on any atom is -0.479 e. The number of hydrogen-bond donors (Lipinski definition) is 1. The Morgan fingerprint density at radius 2 is 2.10 bits per heavy atom. The van der Waals surface area contributed by atoms with Gasteiger partial charge in [0.15, 0.2) is 6.10 Å². The quantitative estimate of drug-likeness (QED) is 0.848. The molecule has 5 nitrogen and oxygen atoms in total. The molecule has 5 heteroatoms. The number of aromatic nitrogens is 1. The van der Waals surface area contributed by atoms with Crippen LogP contribution in [-0.2, 0) is 4.79 Å². The number of ether oxygens (including phenoxy) is 1. The minimum atomic E-state index is -0.993. The Kier molecular flexibility index (Phi) is 4.44. The molecule has 0 bridgehead atoms. The average Bonchev–Trinajstić information content (AvgIpc) is 2.47. The molecule has 0 aliphatic rings. The van der Waals surface area contributed by atoms with Crippen molar-refractivity contribution in [3.8, 4) is 5.75 Å². The third-order valence-electron chi connectivity index (χ3n) is 2.55. The van der Waals surface area contributed by atoms with Crippen LogP contribution in [0.1, 0.15) is 12.5 Å². The van der Waals surface area contributed by atoms with E-state index < -0.39 is 12.1 Å². The van der Waals surface area contributed by atoms with Gasteiger partial charge in [-0.1, -0.05) is 0 Å². The average molecular weight is 270 g/mol. The van der Waals surface area contributed by atoms with E-state index in [1.165, 1.54) is 6.92 Å². The SMILES string of the molecule is C[C@@H](Oc1ccc(C=Nc2cccnc2)cc1)C(=O)O. The zero-order valence-corrected chi connectivity index (χ0v) is 10.9. The van der Waals surface area contributed by atoms with Gasteiger partial charge in [0.2, 0.25) is 0 Å². The molecule has 0 aliphatic heterocycles. The maximum atomic E-state index is 10.7. The number of benzene rings is 1. The number of aliphatic imine (C=N–C) groups is 1. The van der Waals surface area contributed by atoms with Crippen molar-refractivity contribution in [3.05, 3.63) is 54.4 Å². The maximum absolute atomic E-state index is 10.7. The van der Waals surface area contributed by atoms with Crippen molar-refractivity contribution < 1.29 is 14.6 Å². The Morgan fingerprint density at radius 1 is 1.35 bits per heavy atom. The Hall–Kier alpha value is -2.69. The predicted octanol–water partition coefficient (Wildman–Crippen LogP) is 2.68. The Balaban J connectivity index is 2.02. The lowest BCUT2D eigenvalue weighted by Gasteiger charge is -2.09. The topological polar surface area (TPSA) is 71.8 Å². The van der Waals surface area contributed by atoms with E-state index in [0.29, 0.717) is 5.75 Å². The molecule has 0 saturated heterocycles. The van der Waals surface area contributed by atoms with Crippen LogP contribution in [-0.4, -0.2) is 28.4 Å². The molecule has 1 heterocycles. The summed E-state index contributed by atoms with van der Waals surface area (Å²) in [5, 5.41) is 8.76. The third kappa shape index (κ3) is 3.91. The number of carboxylic acids is 1. The van der Waals surface area contributed by atoms with Crippen LogP contribution in [0.3, 0.4) is 0 Å². The van der Waals surface area contributed by atoms with Gasteiger partial charge in [0.1, 0.15) is 5.75 Å². The molecule has 1 aromatic heterocycles. The van der Waals surface area contributed by atoms with Gasteiger partial charge < -0.3 is 9.84 Å². The first-order chi connectivity index (χ1) is 9.65. The van der Waals surface area contributed by atoms with Crippen LogP contribution in [0.15, 0.2) is 53.8 Å².